The number of hydrogen-bond acceptors (Lipinski definition) is 3. The Balaban J connectivity index is 2.29. The summed E-state index contributed by atoms with van der Waals surface area (Å²) in [7, 11) is 1.67. The molecule has 1 amide bonds. The third kappa shape index (κ3) is 2.84. The number of ether oxygens (including phenoxy) is 1. The topological polar surface area (TPSA) is 55.6 Å². The normalized spacial score (nSPS) is 20.0. The summed E-state index contributed by atoms with van der Waals surface area (Å²) in [6.45, 7) is 1.21. The molecule has 0 radical (unpaired) electrons. The van der Waals surface area contributed by atoms with Crippen molar-refractivity contribution in [1.29, 1.82) is 0 Å². The van der Waals surface area contributed by atoms with Gasteiger partial charge in [0.1, 0.15) is 5.75 Å². The molecule has 1 atom stereocenters. The molecule has 0 bridgehead atoms. The van der Waals surface area contributed by atoms with Crippen molar-refractivity contribution >= 4 is 21.8 Å². The van der Waals surface area contributed by atoms with Gasteiger partial charge in [-0.1, -0.05) is 15.9 Å². The fourth-order valence-electron chi connectivity index (χ4n) is 2.53. The zero-order valence-electron chi connectivity index (χ0n) is 10.4. The number of methoxy groups -OCH3 is 1. The van der Waals surface area contributed by atoms with Crippen molar-refractivity contribution in [3.8, 4) is 5.75 Å². The van der Waals surface area contributed by atoms with E-state index in [1.165, 1.54) is 0 Å². The van der Waals surface area contributed by atoms with Crippen LogP contribution in [0.5, 0.6) is 5.75 Å². The standard InChI is InChI=1S/C13H17BrN2O2/c1-18-12-5-4-9(14)7-10(12)11-3-2-6-16(11)8-13(15)17/h4-5,7,11H,2-3,6,8H2,1H3,(H2,15,17)/t11-/m0/s1. The van der Waals surface area contributed by atoms with E-state index >= 15 is 0 Å². The van der Waals surface area contributed by atoms with Gasteiger partial charge >= 0.3 is 0 Å². The second-order valence-electron chi connectivity index (χ2n) is 4.48. The maximum atomic E-state index is 11.1. The van der Waals surface area contributed by atoms with Gasteiger partial charge in [-0.05, 0) is 37.6 Å². The summed E-state index contributed by atoms with van der Waals surface area (Å²) in [6.07, 6.45) is 2.10. The number of benzene rings is 1. The van der Waals surface area contributed by atoms with Crippen LogP contribution in [0.3, 0.4) is 0 Å². The summed E-state index contributed by atoms with van der Waals surface area (Å²) in [4.78, 5) is 13.2. The molecule has 1 heterocycles. The molecule has 2 N–H and O–H groups in total. The van der Waals surface area contributed by atoms with Crippen LogP contribution in [0.1, 0.15) is 24.4 Å². The van der Waals surface area contributed by atoms with Crippen LogP contribution in [-0.4, -0.2) is 31.0 Å². The molecular formula is C13H17BrN2O2. The van der Waals surface area contributed by atoms with Gasteiger partial charge < -0.3 is 10.5 Å². The first-order valence-electron chi connectivity index (χ1n) is 5.97. The van der Waals surface area contributed by atoms with E-state index < -0.39 is 0 Å². The monoisotopic (exact) mass is 312 g/mol. The van der Waals surface area contributed by atoms with Gasteiger partial charge in [0.15, 0.2) is 0 Å². The minimum absolute atomic E-state index is 0.213. The van der Waals surface area contributed by atoms with E-state index in [0.29, 0.717) is 6.54 Å². The highest BCUT2D eigenvalue weighted by Gasteiger charge is 2.29. The summed E-state index contributed by atoms with van der Waals surface area (Å²) < 4.78 is 6.42. The van der Waals surface area contributed by atoms with E-state index in [9.17, 15) is 4.79 Å². The lowest BCUT2D eigenvalue weighted by atomic mass is 10.0. The lowest BCUT2D eigenvalue weighted by molar-refractivity contribution is -0.119. The molecule has 0 unspecified atom stereocenters. The van der Waals surface area contributed by atoms with E-state index in [4.69, 9.17) is 10.5 Å². The second kappa shape index (κ2) is 5.71. The Kier molecular flexibility index (Phi) is 4.24. The van der Waals surface area contributed by atoms with Crippen LogP contribution in [0, 0.1) is 0 Å². The Morgan fingerprint density at radius 3 is 3.06 bits per heavy atom. The highest BCUT2D eigenvalue weighted by atomic mass is 79.9. The van der Waals surface area contributed by atoms with Gasteiger partial charge in [0.2, 0.25) is 5.91 Å². The van der Waals surface area contributed by atoms with Gasteiger partial charge in [0, 0.05) is 16.1 Å². The molecule has 1 aliphatic rings. The third-order valence-corrected chi connectivity index (χ3v) is 3.77. The van der Waals surface area contributed by atoms with Gasteiger partial charge in [-0.3, -0.25) is 9.69 Å². The highest BCUT2D eigenvalue weighted by molar-refractivity contribution is 9.10. The molecule has 98 valence electrons. The molecule has 1 aliphatic heterocycles. The van der Waals surface area contributed by atoms with Crippen LogP contribution in [0.25, 0.3) is 0 Å². The molecule has 0 aliphatic carbocycles. The third-order valence-electron chi connectivity index (χ3n) is 3.27. The summed E-state index contributed by atoms with van der Waals surface area (Å²) in [6, 6.07) is 6.17. The Labute approximate surface area is 115 Å². The van der Waals surface area contributed by atoms with Crippen molar-refractivity contribution in [2.45, 2.75) is 18.9 Å². The number of nitrogens with zero attached hydrogens (tertiary/aromatic N) is 1. The van der Waals surface area contributed by atoms with E-state index in [1.54, 1.807) is 7.11 Å². The minimum Gasteiger partial charge on any atom is -0.496 e. The molecular weight excluding hydrogens is 296 g/mol. The predicted molar refractivity (Wildman–Crippen MR) is 73.4 cm³/mol. The lowest BCUT2D eigenvalue weighted by Gasteiger charge is -2.25. The van der Waals surface area contributed by atoms with E-state index in [2.05, 4.69) is 26.9 Å². The van der Waals surface area contributed by atoms with Crippen LogP contribution < -0.4 is 10.5 Å². The fourth-order valence-corrected chi connectivity index (χ4v) is 2.91. The Morgan fingerprint density at radius 2 is 2.39 bits per heavy atom. The first-order chi connectivity index (χ1) is 8.61. The van der Waals surface area contributed by atoms with Gasteiger partial charge in [0.05, 0.1) is 13.7 Å². The average molecular weight is 313 g/mol. The first-order valence-corrected chi connectivity index (χ1v) is 6.77. The van der Waals surface area contributed by atoms with E-state index in [-0.39, 0.29) is 11.9 Å². The van der Waals surface area contributed by atoms with Crippen LogP contribution in [0.4, 0.5) is 0 Å². The molecule has 5 heteroatoms. The number of likely N-dealkylation sites (tertiary alicyclic amines) is 1. The van der Waals surface area contributed by atoms with Crippen molar-refractivity contribution in [3.63, 3.8) is 0 Å². The Morgan fingerprint density at radius 1 is 1.61 bits per heavy atom. The molecule has 0 saturated carbocycles. The molecule has 1 saturated heterocycles. The highest BCUT2D eigenvalue weighted by Crippen LogP contribution is 2.38. The van der Waals surface area contributed by atoms with Gasteiger partial charge in [-0.2, -0.15) is 0 Å². The van der Waals surface area contributed by atoms with Crippen LogP contribution in [0.15, 0.2) is 22.7 Å². The number of carbonyl (C=O) groups excluding carboxylic acids is 1. The molecule has 0 aromatic heterocycles. The van der Waals surface area contributed by atoms with Crippen molar-refractivity contribution < 1.29 is 9.53 Å². The van der Waals surface area contributed by atoms with Crippen molar-refractivity contribution in [2.24, 2.45) is 5.73 Å². The van der Waals surface area contributed by atoms with E-state index in [1.807, 2.05) is 12.1 Å². The SMILES string of the molecule is COc1ccc(Br)cc1[C@@H]1CCCN1CC(N)=O. The number of halogens is 1. The Bertz CT molecular complexity index is 451. The maximum Gasteiger partial charge on any atom is 0.231 e. The molecule has 2 rings (SSSR count). The smallest absolute Gasteiger partial charge is 0.231 e. The minimum atomic E-state index is -0.282. The maximum absolute atomic E-state index is 11.1. The number of rotatable bonds is 4. The predicted octanol–water partition coefficient (Wildman–Crippen LogP) is 2.08. The molecule has 1 aromatic rings. The van der Waals surface area contributed by atoms with Crippen molar-refractivity contribution in [2.75, 3.05) is 20.2 Å². The second-order valence-corrected chi connectivity index (χ2v) is 5.40. The zero-order chi connectivity index (χ0) is 13.1. The largest absolute Gasteiger partial charge is 0.496 e. The number of carbonyl (C=O) groups is 1. The quantitative estimate of drug-likeness (QED) is 0.926. The summed E-state index contributed by atoms with van der Waals surface area (Å²) in [5.41, 5.74) is 6.41. The van der Waals surface area contributed by atoms with Gasteiger partial charge in [-0.15, -0.1) is 0 Å². The number of hydrogen-bond donors (Lipinski definition) is 1. The summed E-state index contributed by atoms with van der Waals surface area (Å²) in [5, 5.41) is 0. The zero-order valence-corrected chi connectivity index (χ0v) is 11.9. The fraction of sp³-hybridized carbons (Fsp3) is 0.462. The van der Waals surface area contributed by atoms with Crippen LogP contribution >= 0.6 is 15.9 Å². The molecule has 0 spiro atoms. The average Bonchev–Trinajstić information content (AvgIpc) is 2.76. The number of primary amides is 1. The van der Waals surface area contributed by atoms with E-state index in [0.717, 1.165) is 35.2 Å². The molecule has 1 aromatic carbocycles. The van der Waals surface area contributed by atoms with Crippen molar-refractivity contribution in [3.05, 3.63) is 28.2 Å². The molecule has 1 fully saturated rings. The number of nitrogens with two attached hydrogens (primary N) is 1. The summed E-state index contributed by atoms with van der Waals surface area (Å²) in [5.74, 6) is 0.579. The summed E-state index contributed by atoms with van der Waals surface area (Å²) >= 11 is 3.48. The van der Waals surface area contributed by atoms with Crippen LogP contribution in [0.2, 0.25) is 0 Å². The van der Waals surface area contributed by atoms with Gasteiger partial charge in [-0.25, -0.2) is 0 Å². The van der Waals surface area contributed by atoms with Crippen LogP contribution in [-0.2, 0) is 4.79 Å². The first kappa shape index (κ1) is 13.4. The Hall–Kier alpha value is -1.07. The lowest BCUT2D eigenvalue weighted by Crippen LogP contribution is -2.33. The number of amides is 1. The molecule has 4 nitrogen and oxygen atoms in total. The van der Waals surface area contributed by atoms with Crippen molar-refractivity contribution in [1.82, 2.24) is 4.90 Å². The van der Waals surface area contributed by atoms with Gasteiger partial charge in [0.25, 0.3) is 0 Å². The molecule has 18 heavy (non-hydrogen) atoms.